The first-order valence-electron chi connectivity index (χ1n) is 7.29. The van der Waals surface area contributed by atoms with Gasteiger partial charge in [0.2, 0.25) is 0 Å². The molecular weight excluding hydrogens is 272 g/mol. The van der Waals surface area contributed by atoms with Crippen molar-refractivity contribution in [1.82, 2.24) is 9.88 Å². The third kappa shape index (κ3) is 3.06. The van der Waals surface area contributed by atoms with Crippen LogP contribution in [0.4, 0.5) is 17.3 Å². The third-order valence-electron chi connectivity index (χ3n) is 4.34. The number of pyridine rings is 1. The Hall–Kier alpha value is -1.93. The summed E-state index contributed by atoms with van der Waals surface area (Å²) in [4.78, 5) is 17.3. The maximum Gasteiger partial charge on any atom is 0.276 e. The Labute approximate surface area is 122 Å². The van der Waals surface area contributed by atoms with Gasteiger partial charge in [0.25, 0.3) is 5.69 Å². The van der Waals surface area contributed by atoms with Crippen molar-refractivity contribution in [2.75, 3.05) is 23.8 Å². The van der Waals surface area contributed by atoms with Gasteiger partial charge in [0.15, 0.2) is 0 Å². The molecule has 2 aliphatic heterocycles. The molecule has 1 aromatic rings. The van der Waals surface area contributed by atoms with Gasteiger partial charge in [-0.25, -0.2) is 10.8 Å². The summed E-state index contributed by atoms with van der Waals surface area (Å²) < 4.78 is 0. The van der Waals surface area contributed by atoms with Gasteiger partial charge in [0.05, 0.1) is 17.1 Å². The van der Waals surface area contributed by atoms with Crippen LogP contribution in [0.1, 0.15) is 25.7 Å². The molecule has 4 N–H and O–H groups in total. The largest absolute Gasteiger partial charge is 0.367 e. The molecule has 8 heteroatoms. The lowest BCUT2D eigenvalue weighted by Crippen LogP contribution is -2.42. The minimum absolute atomic E-state index is 0.0150. The van der Waals surface area contributed by atoms with Crippen LogP contribution in [-0.2, 0) is 0 Å². The molecule has 2 aliphatic rings. The van der Waals surface area contributed by atoms with Crippen molar-refractivity contribution in [2.24, 2.45) is 5.84 Å². The fourth-order valence-corrected chi connectivity index (χ4v) is 3.33. The zero-order valence-electron chi connectivity index (χ0n) is 11.8. The molecule has 0 aromatic carbocycles. The van der Waals surface area contributed by atoms with E-state index in [0.717, 1.165) is 19.4 Å². The van der Waals surface area contributed by atoms with E-state index < -0.39 is 4.92 Å². The van der Waals surface area contributed by atoms with E-state index in [1.807, 2.05) is 0 Å². The number of nitrogens with one attached hydrogen (secondary N) is 2. The van der Waals surface area contributed by atoms with E-state index in [0.29, 0.717) is 23.7 Å². The fourth-order valence-electron chi connectivity index (χ4n) is 3.33. The molecule has 8 nitrogen and oxygen atoms in total. The lowest BCUT2D eigenvalue weighted by atomic mass is 9.97. The second-order valence-electron chi connectivity index (χ2n) is 5.69. The van der Waals surface area contributed by atoms with Crippen molar-refractivity contribution in [1.29, 1.82) is 0 Å². The van der Waals surface area contributed by atoms with E-state index in [2.05, 4.69) is 20.6 Å². The molecule has 3 heterocycles. The Morgan fingerprint density at radius 2 is 2.14 bits per heavy atom. The van der Waals surface area contributed by atoms with Crippen LogP contribution in [0.25, 0.3) is 0 Å². The number of nitrogens with two attached hydrogens (primary N) is 1. The smallest absolute Gasteiger partial charge is 0.276 e. The van der Waals surface area contributed by atoms with Gasteiger partial charge in [-0.1, -0.05) is 0 Å². The molecule has 21 heavy (non-hydrogen) atoms. The standard InChI is InChI=1S/C13H20N6O2/c14-17-13-8-11(19(20)21)7-12(16-13)15-9-3-5-18-4-1-2-10(18)6-9/h7-10H,1-6,14H2,(H2,15,16,17). The minimum atomic E-state index is -0.437. The lowest BCUT2D eigenvalue weighted by molar-refractivity contribution is -0.384. The first kappa shape index (κ1) is 14.0. The molecule has 1 aromatic heterocycles. The van der Waals surface area contributed by atoms with Crippen LogP contribution in [0.2, 0.25) is 0 Å². The van der Waals surface area contributed by atoms with Crippen LogP contribution in [0.5, 0.6) is 0 Å². The Morgan fingerprint density at radius 1 is 1.33 bits per heavy atom. The van der Waals surface area contributed by atoms with Gasteiger partial charge in [-0.15, -0.1) is 0 Å². The maximum absolute atomic E-state index is 10.9. The first-order chi connectivity index (χ1) is 10.2. The Kier molecular flexibility index (Phi) is 3.89. The molecule has 2 fully saturated rings. The summed E-state index contributed by atoms with van der Waals surface area (Å²) in [6.45, 7) is 2.28. The van der Waals surface area contributed by atoms with Gasteiger partial charge in [-0.3, -0.25) is 10.1 Å². The predicted molar refractivity (Wildman–Crippen MR) is 79.9 cm³/mol. The van der Waals surface area contributed by atoms with Gasteiger partial charge in [-0.05, 0) is 32.2 Å². The Bertz CT molecular complexity index is 537. The van der Waals surface area contributed by atoms with Gasteiger partial charge in [0.1, 0.15) is 11.6 Å². The summed E-state index contributed by atoms with van der Waals surface area (Å²) in [6, 6.07) is 3.73. The number of nitrogens with zero attached hydrogens (tertiary/aromatic N) is 3. The molecule has 0 radical (unpaired) electrons. The van der Waals surface area contributed by atoms with E-state index >= 15 is 0 Å². The summed E-state index contributed by atoms with van der Waals surface area (Å²) in [5, 5.41) is 14.3. The SMILES string of the molecule is NNc1cc([N+](=O)[O-])cc(NC2CCN3CCCC3C2)n1. The average molecular weight is 292 g/mol. The molecule has 0 spiro atoms. The van der Waals surface area contributed by atoms with Crippen molar-refractivity contribution in [3.05, 3.63) is 22.2 Å². The van der Waals surface area contributed by atoms with Gasteiger partial charge in [-0.2, -0.15) is 0 Å². The predicted octanol–water partition coefficient (Wildman–Crippen LogP) is 1.31. The number of nitrogen functional groups attached to an aromatic ring is 1. The zero-order valence-corrected chi connectivity index (χ0v) is 11.8. The molecule has 2 atom stereocenters. The average Bonchev–Trinajstić information content (AvgIpc) is 2.94. The van der Waals surface area contributed by atoms with Crippen molar-refractivity contribution in [2.45, 2.75) is 37.8 Å². The number of anilines is 2. The highest BCUT2D eigenvalue weighted by Gasteiger charge is 2.31. The van der Waals surface area contributed by atoms with Gasteiger partial charge >= 0.3 is 0 Å². The topological polar surface area (TPSA) is 109 Å². The number of hydrogen-bond donors (Lipinski definition) is 3. The number of hydrogen-bond acceptors (Lipinski definition) is 7. The highest BCUT2D eigenvalue weighted by Crippen LogP contribution is 2.29. The van der Waals surface area contributed by atoms with Crippen molar-refractivity contribution >= 4 is 17.3 Å². The van der Waals surface area contributed by atoms with Crippen molar-refractivity contribution < 1.29 is 4.92 Å². The summed E-state index contributed by atoms with van der Waals surface area (Å²) in [7, 11) is 0. The number of rotatable bonds is 4. The van der Waals surface area contributed by atoms with Crippen LogP contribution in [0, 0.1) is 10.1 Å². The maximum atomic E-state index is 10.9. The number of aromatic nitrogens is 1. The second-order valence-corrected chi connectivity index (χ2v) is 5.69. The van der Waals surface area contributed by atoms with E-state index in [1.54, 1.807) is 0 Å². The summed E-state index contributed by atoms with van der Waals surface area (Å²) >= 11 is 0. The Morgan fingerprint density at radius 3 is 2.90 bits per heavy atom. The third-order valence-corrected chi connectivity index (χ3v) is 4.34. The molecule has 2 saturated heterocycles. The molecule has 0 aliphatic carbocycles. The second kappa shape index (κ2) is 5.82. The molecule has 0 saturated carbocycles. The monoisotopic (exact) mass is 292 g/mol. The van der Waals surface area contributed by atoms with Crippen molar-refractivity contribution in [3.8, 4) is 0 Å². The first-order valence-corrected chi connectivity index (χ1v) is 7.29. The Balaban J connectivity index is 1.72. The van der Waals surface area contributed by atoms with E-state index in [1.165, 1.54) is 31.5 Å². The molecule has 2 unspecified atom stereocenters. The van der Waals surface area contributed by atoms with Crippen LogP contribution >= 0.6 is 0 Å². The highest BCUT2D eigenvalue weighted by atomic mass is 16.6. The normalized spacial score (nSPS) is 25.4. The van der Waals surface area contributed by atoms with Crippen molar-refractivity contribution in [3.63, 3.8) is 0 Å². The van der Waals surface area contributed by atoms with Gasteiger partial charge < -0.3 is 15.6 Å². The lowest BCUT2D eigenvalue weighted by Gasteiger charge is -2.35. The molecule has 0 amide bonds. The number of piperidine rings is 1. The summed E-state index contributed by atoms with van der Waals surface area (Å²) in [5.74, 6) is 6.13. The summed E-state index contributed by atoms with van der Waals surface area (Å²) in [5.41, 5.74) is 2.36. The van der Waals surface area contributed by atoms with E-state index in [9.17, 15) is 10.1 Å². The van der Waals surface area contributed by atoms with Crippen LogP contribution < -0.4 is 16.6 Å². The molecular formula is C13H20N6O2. The fraction of sp³-hybridized carbons (Fsp3) is 0.615. The van der Waals surface area contributed by atoms with Crippen LogP contribution in [-0.4, -0.2) is 40.0 Å². The number of fused-ring (bicyclic) bond motifs is 1. The summed E-state index contributed by atoms with van der Waals surface area (Å²) in [6.07, 6.45) is 4.62. The van der Waals surface area contributed by atoms with Crippen LogP contribution in [0.3, 0.4) is 0 Å². The number of hydrazine groups is 1. The minimum Gasteiger partial charge on any atom is -0.367 e. The van der Waals surface area contributed by atoms with Crippen LogP contribution in [0.15, 0.2) is 12.1 Å². The highest BCUT2D eigenvalue weighted by molar-refractivity contribution is 5.54. The van der Waals surface area contributed by atoms with Gasteiger partial charge in [0, 0.05) is 18.6 Å². The molecule has 0 bridgehead atoms. The number of nitro groups is 1. The van der Waals surface area contributed by atoms with E-state index in [4.69, 9.17) is 5.84 Å². The quantitative estimate of drug-likeness (QED) is 0.436. The molecule has 114 valence electrons. The zero-order chi connectivity index (χ0) is 14.8. The van der Waals surface area contributed by atoms with E-state index in [-0.39, 0.29) is 5.69 Å². The molecule has 3 rings (SSSR count).